The Kier molecular flexibility index (Phi) is 10.5. The predicted molar refractivity (Wildman–Crippen MR) is 92.4 cm³/mol. The van der Waals surface area contributed by atoms with Gasteiger partial charge < -0.3 is 5.32 Å². The van der Waals surface area contributed by atoms with Crippen molar-refractivity contribution in [2.75, 3.05) is 26.2 Å². The van der Waals surface area contributed by atoms with Crippen molar-refractivity contribution in [2.45, 2.75) is 32.2 Å². The highest BCUT2D eigenvalue weighted by Gasteiger charge is 2.23. The molecule has 1 aromatic carbocycles. The van der Waals surface area contributed by atoms with E-state index in [1.165, 1.54) is 18.4 Å². The zero-order valence-electron chi connectivity index (χ0n) is 12.5. The van der Waals surface area contributed by atoms with Crippen LogP contribution in [0.1, 0.15) is 43.4 Å². The summed E-state index contributed by atoms with van der Waals surface area (Å²) in [5.74, 6) is 0. The van der Waals surface area contributed by atoms with Gasteiger partial charge in [0, 0.05) is 32.2 Å². The molecular weight excluding hydrogens is 305 g/mol. The molecule has 0 amide bonds. The van der Waals surface area contributed by atoms with Gasteiger partial charge in [-0.1, -0.05) is 38.0 Å². The highest BCUT2D eigenvalue weighted by Crippen LogP contribution is 2.29. The molecule has 3 nitrogen and oxygen atoms in total. The lowest BCUT2D eigenvalue weighted by molar-refractivity contribution is 0.163. The molecule has 0 aromatic heterocycles. The van der Waals surface area contributed by atoms with E-state index in [4.69, 9.17) is 0 Å². The Morgan fingerprint density at radius 1 is 1.24 bits per heavy atom. The summed E-state index contributed by atoms with van der Waals surface area (Å²) in [7, 11) is 0. The lowest BCUT2D eigenvalue weighted by Gasteiger charge is -2.35. The van der Waals surface area contributed by atoms with Crippen LogP contribution in [0.2, 0.25) is 0 Å². The van der Waals surface area contributed by atoms with E-state index >= 15 is 0 Å². The van der Waals surface area contributed by atoms with Gasteiger partial charge in [0.1, 0.15) is 0 Å². The largest absolute Gasteiger partial charge is 0.314 e. The van der Waals surface area contributed by atoms with Crippen LogP contribution in [0.25, 0.3) is 0 Å². The predicted octanol–water partition coefficient (Wildman–Crippen LogP) is 3.54. The second-order valence-corrected chi connectivity index (χ2v) is 5.14. The Balaban J connectivity index is 0.00000200. The molecule has 1 atom stereocenters. The summed E-state index contributed by atoms with van der Waals surface area (Å²) >= 11 is 0. The molecule has 1 saturated heterocycles. The summed E-state index contributed by atoms with van der Waals surface area (Å²) in [5.41, 5.74) is 2.04. The van der Waals surface area contributed by atoms with Gasteiger partial charge in [0.15, 0.2) is 0 Å². The number of halogens is 2. The second kappa shape index (κ2) is 10.9. The van der Waals surface area contributed by atoms with E-state index in [1.54, 1.807) is 0 Å². The fraction of sp³-hybridized carbons (Fsp3) is 0.562. The minimum atomic E-state index is 0. The van der Waals surface area contributed by atoms with E-state index in [2.05, 4.69) is 35.3 Å². The van der Waals surface area contributed by atoms with E-state index < -0.39 is 0 Å². The van der Waals surface area contributed by atoms with E-state index in [-0.39, 0.29) is 24.8 Å². The first-order chi connectivity index (χ1) is 9.36. The Morgan fingerprint density at radius 3 is 2.52 bits per heavy atom. The number of unbranched alkanes of at least 4 members (excludes halogenated alkanes) is 1. The molecule has 1 fully saturated rings. The average molecular weight is 330 g/mol. The Bertz CT molecular complexity index is 439. The van der Waals surface area contributed by atoms with Crippen LogP contribution in [0.15, 0.2) is 24.3 Å². The summed E-state index contributed by atoms with van der Waals surface area (Å²) in [4.78, 5) is 2.53. The fourth-order valence-corrected chi connectivity index (χ4v) is 2.82. The normalized spacial score (nSPS) is 16.2. The van der Waals surface area contributed by atoms with Gasteiger partial charge in [0.2, 0.25) is 0 Å². The van der Waals surface area contributed by atoms with Crippen molar-refractivity contribution >= 4 is 24.8 Å². The van der Waals surface area contributed by atoms with Gasteiger partial charge in [-0.3, -0.25) is 4.90 Å². The maximum atomic E-state index is 9.31. The molecule has 1 N–H and O–H groups in total. The van der Waals surface area contributed by atoms with Crippen LogP contribution in [0, 0.1) is 11.3 Å². The van der Waals surface area contributed by atoms with E-state index in [0.717, 1.165) is 38.2 Å². The SMILES string of the molecule is CCCC[C@@H](c1ccccc1C#N)N1CCNCC1.Cl.Cl. The van der Waals surface area contributed by atoms with Crippen molar-refractivity contribution in [3.63, 3.8) is 0 Å². The van der Waals surface area contributed by atoms with Crippen LogP contribution in [-0.4, -0.2) is 31.1 Å². The lowest BCUT2D eigenvalue weighted by Crippen LogP contribution is -2.45. The third kappa shape index (κ3) is 5.48. The van der Waals surface area contributed by atoms with E-state index in [0.29, 0.717) is 6.04 Å². The molecule has 1 heterocycles. The van der Waals surface area contributed by atoms with E-state index in [9.17, 15) is 5.26 Å². The zero-order chi connectivity index (χ0) is 13.5. The van der Waals surface area contributed by atoms with Crippen LogP contribution < -0.4 is 5.32 Å². The van der Waals surface area contributed by atoms with Crippen LogP contribution in [0.3, 0.4) is 0 Å². The zero-order valence-corrected chi connectivity index (χ0v) is 14.2. The standard InChI is InChI=1S/C16H23N3.2ClH/c1-2-3-8-16(19-11-9-18-10-12-19)15-7-5-4-6-14(15)13-17;;/h4-7,16,18H,2-3,8-12H2,1H3;2*1H/t16-;;/m0../s1. The van der Waals surface area contributed by atoms with E-state index in [1.807, 2.05) is 12.1 Å². The highest BCUT2D eigenvalue weighted by atomic mass is 35.5. The van der Waals surface area contributed by atoms with Crippen LogP contribution in [0.4, 0.5) is 0 Å². The number of benzene rings is 1. The average Bonchev–Trinajstić information content (AvgIpc) is 2.49. The molecule has 1 aliphatic rings. The number of nitriles is 1. The topological polar surface area (TPSA) is 39.1 Å². The van der Waals surface area contributed by atoms with Gasteiger partial charge in [-0.25, -0.2) is 0 Å². The van der Waals surface area contributed by atoms with Crippen molar-refractivity contribution in [3.8, 4) is 6.07 Å². The number of piperazine rings is 1. The quantitative estimate of drug-likeness (QED) is 0.897. The first kappa shape index (κ1) is 20.2. The van der Waals surface area contributed by atoms with Crippen molar-refractivity contribution in [3.05, 3.63) is 35.4 Å². The Hall–Kier alpha value is -0.790. The minimum Gasteiger partial charge on any atom is -0.314 e. The second-order valence-electron chi connectivity index (χ2n) is 5.14. The molecule has 21 heavy (non-hydrogen) atoms. The molecule has 0 radical (unpaired) electrons. The van der Waals surface area contributed by atoms with Gasteiger partial charge in [0.25, 0.3) is 0 Å². The molecule has 0 bridgehead atoms. The first-order valence-electron chi connectivity index (χ1n) is 7.30. The molecule has 0 saturated carbocycles. The monoisotopic (exact) mass is 329 g/mol. The summed E-state index contributed by atoms with van der Waals surface area (Å²) in [5, 5.41) is 12.7. The smallest absolute Gasteiger partial charge is 0.0995 e. The molecule has 5 heteroatoms. The number of hydrogen-bond acceptors (Lipinski definition) is 3. The van der Waals surface area contributed by atoms with Gasteiger partial charge >= 0.3 is 0 Å². The summed E-state index contributed by atoms with van der Waals surface area (Å²) in [6, 6.07) is 10.8. The molecule has 0 spiro atoms. The summed E-state index contributed by atoms with van der Waals surface area (Å²) in [6.07, 6.45) is 3.57. The minimum absolute atomic E-state index is 0. The maximum absolute atomic E-state index is 9.31. The molecular formula is C16H25Cl2N3. The van der Waals surface area contributed by atoms with Crippen molar-refractivity contribution in [1.82, 2.24) is 10.2 Å². The third-order valence-electron chi connectivity index (χ3n) is 3.86. The van der Waals surface area contributed by atoms with Crippen molar-refractivity contribution < 1.29 is 0 Å². The third-order valence-corrected chi connectivity index (χ3v) is 3.86. The van der Waals surface area contributed by atoms with Crippen molar-refractivity contribution in [1.29, 1.82) is 5.26 Å². The van der Waals surface area contributed by atoms with Gasteiger partial charge in [-0.15, -0.1) is 24.8 Å². The highest BCUT2D eigenvalue weighted by molar-refractivity contribution is 5.85. The molecule has 118 valence electrons. The molecule has 1 aromatic rings. The maximum Gasteiger partial charge on any atom is 0.0995 e. The van der Waals surface area contributed by atoms with Gasteiger partial charge in [0.05, 0.1) is 11.6 Å². The molecule has 0 unspecified atom stereocenters. The lowest BCUT2D eigenvalue weighted by atomic mass is 9.95. The van der Waals surface area contributed by atoms with Crippen molar-refractivity contribution in [2.24, 2.45) is 0 Å². The van der Waals surface area contributed by atoms with Gasteiger partial charge in [-0.2, -0.15) is 5.26 Å². The number of rotatable bonds is 5. The summed E-state index contributed by atoms with van der Waals surface area (Å²) < 4.78 is 0. The van der Waals surface area contributed by atoms with Crippen LogP contribution in [0.5, 0.6) is 0 Å². The fourth-order valence-electron chi connectivity index (χ4n) is 2.82. The van der Waals surface area contributed by atoms with Gasteiger partial charge in [-0.05, 0) is 18.1 Å². The molecule has 1 aliphatic heterocycles. The molecule has 0 aliphatic carbocycles. The first-order valence-corrected chi connectivity index (χ1v) is 7.30. The number of nitrogens with zero attached hydrogens (tertiary/aromatic N) is 2. The van der Waals surface area contributed by atoms with Crippen LogP contribution >= 0.6 is 24.8 Å². The summed E-state index contributed by atoms with van der Waals surface area (Å²) in [6.45, 7) is 6.49. The molecule has 2 rings (SSSR count). The van der Waals surface area contributed by atoms with Crippen LogP contribution in [-0.2, 0) is 0 Å². The Morgan fingerprint density at radius 2 is 1.90 bits per heavy atom. The number of hydrogen-bond donors (Lipinski definition) is 1. The number of nitrogens with one attached hydrogen (secondary N) is 1. The Labute approximate surface area is 140 Å².